The van der Waals surface area contributed by atoms with Crippen LogP contribution in [0.3, 0.4) is 0 Å². The molecule has 0 bridgehead atoms. The van der Waals surface area contributed by atoms with Crippen molar-refractivity contribution in [3.05, 3.63) is 90.1 Å². The van der Waals surface area contributed by atoms with Gasteiger partial charge in [0.15, 0.2) is 0 Å². The van der Waals surface area contributed by atoms with Gasteiger partial charge in [0.25, 0.3) is 11.8 Å². The normalized spacial score (nSPS) is 10.5. The number of hydrogen-bond acceptors (Lipinski definition) is 5. The Kier molecular flexibility index (Phi) is 6.87. The first-order valence-corrected chi connectivity index (χ1v) is 10.8. The van der Waals surface area contributed by atoms with Crippen molar-refractivity contribution in [1.29, 1.82) is 0 Å². The summed E-state index contributed by atoms with van der Waals surface area (Å²) in [5.41, 5.74) is 10.2. The monoisotopic (exact) mass is 469 g/mol. The maximum Gasteiger partial charge on any atom is 0.404 e. The van der Waals surface area contributed by atoms with Crippen molar-refractivity contribution < 1.29 is 19.5 Å². The van der Waals surface area contributed by atoms with Crippen molar-refractivity contribution >= 4 is 40.2 Å². The number of hydrogen-bond donors (Lipinski definition) is 5. The van der Waals surface area contributed by atoms with Gasteiger partial charge in [0.1, 0.15) is 0 Å². The maximum absolute atomic E-state index is 12.2. The van der Waals surface area contributed by atoms with E-state index < -0.39 is 12.0 Å². The average Bonchev–Trinajstić information content (AvgIpc) is 2.86. The van der Waals surface area contributed by atoms with E-state index in [1.807, 2.05) is 60.7 Å². The zero-order chi connectivity index (χ0) is 24.8. The number of nitrogens with one attached hydrogen (secondary N) is 3. The Hall–Kier alpha value is -4.92. The number of benzene rings is 3. The van der Waals surface area contributed by atoms with Gasteiger partial charge in [-0.1, -0.05) is 42.5 Å². The standard InChI is InChI=1S/C26H23N5O4/c27-24(32)21-15-30-22-14-18(10-11-20(22)23(21)31-19-4-2-1-3-5-19)16-6-8-17(9-7-16)25(33)28-12-13-29-26(34)35/h1-11,14-15,29H,12-13H2,(H2,27,32)(H,28,33)(H,30,31)(H,34,35). The van der Waals surface area contributed by atoms with Crippen LogP contribution in [0.4, 0.5) is 16.2 Å². The Morgan fingerprint density at radius 3 is 2.23 bits per heavy atom. The molecule has 9 heteroatoms. The van der Waals surface area contributed by atoms with E-state index in [-0.39, 0.29) is 19.0 Å². The summed E-state index contributed by atoms with van der Waals surface area (Å²) in [4.78, 5) is 39.2. The van der Waals surface area contributed by atoms with Gasteiger partial charge in [-0.15, -0.1) is 0 Å². The summed E-state index contributed by atoms with van der Waals surface area (Å²) in [6.45, 7) is 0.317. The SMILES string of the molecule is NC(=O)c1cnc2cc(-c3ccc(C(=O)NCCNC(=O)O)cc3)ccc2c1Nc1ccccc1. The summed E-state index contributed by atoms with van der Waals surface area (Å²) in [7, 11) is 0. The molecule has 0 saturated heterocycles. The third-order valence-corrected chi connectivity index (χ3v) is 5.34. The van der Waals surface area contributed by atoms with Crippen LogP contribution in [0.15, 0.2) is 79.0 Å². The molecular formula is C26H23N5O4. The number of amides is 3. The Morgan fingerprint density at radius 1 is 0.857 bits per heavy atom. The lowest BCUT2D eigenvalue weighted by molar-refractivity contribution is 0.0952. The van der Waals surface area contributed by atoms with Gasteiger partial charge in [-0.2, -0.15) is 0 Å². The third-order valence-electron chi connectivity index (χ3n) is 5.34. The number of nitrogens with two attached hydrogens (primary N) is 1. The van der Waals surface area contributed by atoms with E-state index in [1.165, 1.54) is 6.20 Å². The van der Waals surface area contributed by atoms with Crippen molar-refractivity contribution in [3.63, 3.8) is 0 Å². The molecule has 35 heavy (non-hydrogen) atoms. The molecule has 0 atom stereocenters. The van der Waals surface area contributed by atoms with E-state index in [9.17, 15) is 14.4 Å². The molecular weight excluding hydrogens is 446 g/mol. The summed E-state index contributed by atoms with van der Waals surface area (Å²) >= 11 is 0. The molecule has 0 spiro atoms. The van der Waals surface area contributed by atoms with Gasteiger partial charge >= 0.3 is 6.09 Å². The van der Waals surface area contributed by atoms with Gasteiger partial charge in [-0.3, -0.25) is 14.6 Å². The van der Waals surface area contributed by atoms with Gasteiger partial charge in [0.2, 0.25) is 0 Å². The topological polar surface area (TPSA) is 146 Å². The highest BCUT2D eigenvalue weighted by Gasteiger charge is 2.14. The number of carboxylic acid groups (broad SMARTS) is 1. The molecule has 0 aliphatic carbocycles. The lowest BCUT2D eigenvalue weighted by Crippen LogP contribution is -2.33. The highest BCUT2D eigenvalue weighted by Crippen LogP contribution is 2.32. The molecule has 1 heterocycles. The molecule has 6 N–H and O–H groups in total. The number of fused-ring (bicyclic) bond motifs is 1. The van der Waals surface area contributed by atoms with Gasteiger partial charge in [0.05, 0.1) is 16.8 Å². The number of rotatable bonds is 8. The third kappa shape index (κ3) is 5.53. The van der Waals surface area contributed by atoms with Crippen molar-refractivity contribution in [1.82, 2.24) is 15.6 Å². The molecule has 4 aromatic rings. The predicted octanol–water partition coefficient (Wildman–Crippen LogP) is 3.74. The van der Waals surface area contributed by atoms with E-state index in [0.29, 0.717) is 22.3 Å². The zero-order valence-corrected chi connectivity index (χ0v) is 18.6. The van der Waals surface area contributed by atoms with Crippen LogP contribution in [0.2, 0.25) is 0 Å². The number of aromatic nitrogens is 1. The molecule has 0 fully saturated rings. The van der Waals surface area contributed by atoms with Crippen molar-refractivity contribution in [2.45, 2.75) is 0 Å². The first kappa shape index (κ1) is 23.2. The van der Waals surface area contributed by atoms with Crippen molar-refractivity contribution in [2.24, 2.45) is 5.73 Å². The van der Waals surface area contributed by atoms with Crippen LogP contribution in [0.5, 0.6) is 0 Å². The Balaban J connectivity index is 1.58. The molecule has 4 rings (SSSR count). The molecule has 0 radical (unpaired) electrons. The minimum Gasteiger partial charge on any atom is -0.465 e. The number of carbonyl (C=O) groups is 3. The Bertz CT molecular complexity index is 1390. The fraction of sp³-hybridized carbons (Fsp3) is 0.0769. The fourth-order valence-corrected chi connectivity index (χ4v) is 3.62. The van der Waals surface area contributed by atoms with Crippen molar-refractivity contribution in [2.75, 3.05) is 18.4 Å². The van der Waals surface area contributed by atoms with E-state index in [4.69, 9.17) is 10.8 Å². The van der Waals surface area contributed by atoms with Crippen LogP contribution < -0.4 is 21.7 Å². The van der Waals surface area contributed by atoms with Crippen LogP contribution in [-0.2, 0) is 0 Å². The fourth-order valence-electron chi connectivity index (χ4n) is 3.62. The van der Waals surface area contributed by atoms with E-state index in [0.717, 1.165) is 22.2 Å². The van der Waals surface area contributed by atoms with E-state index in [1.54, 1.807) is 12.1 Å². The maximum atomic E-state index is 12.2. The largest absolute Gasteiger partial charge is 0.465 e. The van der Waals surface area contributed by atoms with Crippen LogP contribution in [0.25, 0.3) is 22.0 Å². The summed E-state index contributed by atoms with van der Waals surface area (Å²) in [6, 6.07) is 22.2. The molecule has 0 aliphatic heterocycles. The second kappa shape index (κ2) is 10.3. The zero-order valence-electron chi connectivity index (χ0n) is 18.6. The van der Waals surface area contributed by atoms with Gasteiger partial charge in [-0.25, -0.2) is 4.79 Å². The summed E-state index contributed by atoms with van der Waals surface area (Å²) < 4.78 is 0. The number of anilines is 2. The summed E-state index contributed by atoms with van der Waals surface area (Å²) in [5, 5.41) is 17.4. The number of carbonyl (C=O) groups excluding carboxylic acids is 2. The van der Waals surface area contributed by atoms with Gasteiger partial charge in [-0.05, 0) is 41.5 Å². The first-order valence-electron chi connectivity index (χ1n) is 10.8. The Morgan fingerprint density at radius 2 is 1.54 bits per heavy atom. The Labute approximate surface area is 201 Å². The predicted molar refractivity (Wildman–Crippen MR) is 134 cm³/mol. The van der Waals surface area contributed by atoms with E-state index in [2.05, 4.69) is 20.9 Å². The molecule has 3 aromatic carbocycles. The lowest BCUT2D eigenvalue weighted by atomic mass is 10.0. The van der Waals surface area contributed by atoms with Crippen LogP contribution in [0, 0.1) is 0 Å². The van der Waals surface area contributed by atoms with Gasteiger partial charge < -0.3 is 26.8 Å². The molecule has 9 nitrogen and oxygen atoms in total. The lowest BCUT2D eigenvalue weighted by Gasteiger charge is -2.14. The molecule has 0 saturated carbocycles. The minimum atomic E-state index is -1.14. The van der Waals surface area contributed by atoms with Crippen LogP contribution in [0.1, 0.15) is 20.7 Å². The molecule has 3 amide bonds. The molecule has 1 aromatic heterocycles. The summed E-state index contributed by atoms with van der Waals surface area (Å²) in [6.07, 6.45) is 0.328. The van der Waals surface area contributed by atoms with E-state index >= 15 is 0 Å². The van der Waals surface area contributed by atoms with Crippen LogP contribution in [-0.4, -0.2) is 41.1 Å². The number of pyridine rings is 1. The van der Waals surface area contributed by atoms with Crippen LogP contribution >= 0.6 is 0 Å². The second-order valence-electron chi connectivity index (χ2n) is 7.70. The highest BCUT2D eigenvalue weighted by molar-refractivity contribution is 6.08. The second-order valence-corrected chi connectivity index (χ2v) is 7.70. The molecule has 0 unspecified atom stereocenters. The molecule has 176 valence electrons. The average molecular weight is 470 g/mol. The number of nitrogens with zero attached hydrogens (tertiary/aromatic N) is 1. The first-order chi connectivity index (χ1) is 16.9. The number of primary amides is 1. The number of para-hydroxylation sites is 1. The summed E-state index contributed by atoms with van der Waals surface area (Å²) in [5.74, 6) is -0.867. The highest BCUT2D eigenvalue weighted by atomic mass is 16.4. The smallest absolute Gasteiger partial charge is 0.404 e. The molecule has 0 aliphatic rings. The minimum absolute atomic E-state index is 0.127. The quantitative estimate of drug-likeness (QED) is 0.248. The van der Waals surface area contributed by atoms with Crippen molar-refractivity contribution in [3.8, 4) is 11.1 Å². The van der Waals surface area contributed by atoms with Gasteiger partial charge in [0, 0.05) is 35.9 Å².